The summed E-state index contributed by atoms with van der Waals surface area (Å²) in [5.74, 6) is 0. The van der Waals surface area contributed by atoms with E-state index in [0.717, 1.165) is 0 Å². The SMILES string of the molecule is Br.Br.Br.CN.[Br][Pb][Br]. The topological polar surface area (TPSA) is 26.0 Å². The predicted octanol–water partition coefficient (Wildman–Crippen LogP) is 2.62. The molecule has 0 aromatic carbocycles. The molecule has 0 saturated carbocycles. The molecule has 0 heterocycles. The van der Waals surface area contributed by atoms with E-state index < -0.39 is 0 Å². The maximum atomic E-state index is 4.50. The van der Waals surface area contributed by atoms with Gasteiger partial charge in [-0.3, -0.25) is 0 Å². The van der Waals surface area contributed by atoms with E-state index in [1.165, 1.54) is 7.05 Å². The molecular formula is CH8Br5NPb. The van der Waals surface area contributed by atoms with Crippen molar-refractivity contribution in [3.8, 4) is 0 Å². The van der Waals surface area contributed by atoms with Crippen LogP contribution >= 0.6 is 74.9 Å². The molecule has 8 heavy (non-hydrogen) atoms. The quantitative estimate of drug-likeness (QED) is 0.405. The second-order valence-electron chi connectivity index (χ2n) is 0.0714. The van der Waals surface area contributed by atoms with Crippen molar-refractivity contribution >= 4 is 94.3 Å². The molecular weight excluding hydrogens is 633 g/mol. The first-order chi connectivity index (χ1) is 2.41. The molecule has 0 atom stereocenters. The van der Waals surface area contributed by atoms with Gasteiger partial charge in [0.05, 0.1) is 0 Å². The monoisotopic (exact) mass is 637 g/mol. The summed E-state index contributed by atoms with van der Waals surface area (Å²) in [4.78, 5) is 0. The van der Waals surface area contributed by atoms with Gasteiger partial charge in [0.25, 0.3) is 0 Å². The van der Waals surface area contributed by atoms with Crippen molar-refractivity contribution < 1.29 is 0 Å². The summed E-state index contributed by atoms with van der Waals surface area (Å²) in [7, 11) is 1.50. The Bertz CT molecular complexity index is 12.4. The molecule has 0 aliphatic carbocycles. The minimum atomic E-state index is -0.292. The van der Waals surface area contributed by atoms with Crippen LogP contribution in [0, 0.1) is 0 Å². The van der Waals surface area contributed by atoms with Gasteiger partial charge in [0.15, 0.2) is 0 Å². The van der Waals surface area contributed by atoms with Crippen LogP contribution < -0.4 is 5.73 Å². The Hall–Kier alpha value is 3.28. The second-order valence-corrected chi connectivity index (χ2v) is 16.9. The van der Waals surface area contributed by atoms with Crippen LogP contribution in [0.5, 0.6) is 0 Å². The first kappa shape index (κ1) is 30.2. The van der Waals surface area contributed by atoms with Crippen molar-refractivity contribution in [1.82, 2.24) is 0 Å². The zero-order valence-corrected chi connectivity index (χ0v) is 16.3. The molecule has 0 unspecified atom stereocenters. The summed E-state index contributed by atoms with van der Waals surface area (Å²) in [6.45, 7) is 0. The molecule has 0 bridgehead atoms. The van der Waals surface area contributed by atoms with Crippen molar-refractivity contribution in [3.63, 3.8) is 0 Å². The van der Waals surface area contributed by atoms with Crippen molar-refractivity contribution in [1.29, 1.82) is 0 Å². The van der Waals surface area contributed by atoms with Crippen LogP contribution in [-0.2, 0) is 0 Å². The van der Waals surface area contributed by atoms with Crippen molar-refractivity contribution in [2.45, 2.75) is 0 Å². The molecule has 0 aromatic rings. The summed E-state index contributed by atoms with van der Waals surface area (Å²) in [5.41, 5.74) is 4.50. The Kier molecular flexibility index (Phi) is 183. The Labute approximate surface area is 105 Å². The van der Waals surface area contributed by atoms with Crippen LogP contribution in [0.15, 0.2) is 0 Å². The van der Waals surface area contributed by atoms with Gasteiger partial charge in [-0.2, -0.15) is 0 Å². The molecule has 0 amide bonds. The Balaban J connectivity index is -0.00000000567. The van der Waals surface area contributed by atoms with E-state index in [2.05, 4.69) is 29.7 Å². The minimum absolute atomic E-state index is 0. The summed E-state index contributed by atoms with van der Waals surface area (Å²) in [6.07, 6.45) is 0. The van der Waals surface area contributed by atoms with E-state index in [9.17, 15) is 0 Å². The average molecular weight is 641 g/mol. The number of hydrogen-bond donors (Lipinski definition) is 1. The summed E-state index contributed by atoms with van der Waals surface area (Å²) in [6, 6.07) is 0. The molecule has 0 aliphatic rings. The Morgan fingerprint density at radius 3 is 1.00 bits per heavy atom. The first-order valence-electron chi connectivity index (χ1n) is 0.955. The van der Waals surface area contributed by atoms with Crippen LogP contribution in [0.2, 0.25) is 0 Å². The third-order valence-electron chi connectivity index (χ3n) is 0. The van der Waals surface area contributed by atoms with E-state index in [1.54, 1.807) is 0 Å². The summed E-state index contributed by atoms with van der Waals surface area (Å²) in [5, 5.41) is 0. The van der Waals surface area contributed by atoms with Crippen LogP contribution in [0.1, 0.15) is 0 Å². The molecule has 0 spiro atoms. The van der Waals surface area contributed by atoms with Gasteiger partial charge >= 0.3 is 43.4 Å². The van der Waals surface area contributed by atoms with Crippen LogP contribution in [0.25, 0.3) is 0 Å². The van der Waals surface area contributed by atoms with E-state index in [0.29, 0.717) is 0 Å². The summed E-state index contributed by atoms with van der Waals surface area (Å²) < 4.78 is 0. The number of halogens is 5. The zero-order chi connectivity index (χ0) is 4.71. The number of hydrogen-bond acceptors (Lipinski definition) is 1. The van der Waals surface area contributed by atoms with Crippen LogP contribution in [-0.4, -0.2) is 26.5 Å². The molecule has 2 N–H and O–H groups in total. The van der Waals surface area contributed by atoms with Gasteiger partial charge < -0.3 is 5.73 Å². The third kappa shape index (κ3) is 59.1. The molecule has 0 aromatic heterocycles. The van der Waals surface area contributed by atoms with E-state index in [4.69, 9.17) is 0 Å². The van der Waals surface area contributed by atoms with Gasteiger partial charge in [-0.25, -0.2) is 0 Å². The first-order valence-corrected chi connectivity index (χ1v) is 17.8. The fourth-order valence-electron chi connectivity index (χ4n) is 0. The third-order valence-corrected chi connectivity index (χ3v) is 0. The van der Waals surface area contributed by atoms with E-state index in [1.807, 2.05) is 0 Å². The fraction of sp³-hybridized carbons (Fsp3) is 1.00. The van der Waals surface area contributed by atoms with Crippen molar-refractivity contribution in [3.05, 3.63) is 0 Å². The second kappa shape index (κ2) is 48.3. The van der Waals surface area contributed by atoms with Crippen LogP contribution in [0.4, 0.5) is 0 Å². The molecule has 56 valence electrons. The van der Waals surface area contributed by atoms with Gasteiger partial charge in [-0.05, 0) is 7.05 Å². The molecule has 0 saturated heterocycles. The van der Waals surface area contributed by atoms with Gasteiger partial charge in [-0.1, -0.05) is 0 Å². The standard InChI is InChI=1S/CH5N.5BrH.Pb/c1-2;;;;;;/h2H2,1H3;5*1H;/q;;;;;;+2/p-2. The predicted molar refractivity (Wildman–Crippen MR) is 64.7 cm³/mol. The molecule has 1 nitrogen and oxygen atoms in total. The van der Waals surface area contributed by atoms with Gasteiger partial charge in [0.1, 0.15) is 0 Å². The molecule has 7 heteroatoms. The van der Waals surface area contributed by atoms with Gasteiger partial charge in [0.2, 0.25) is 0 Å². The van der Waals surface area contributed by atoms with Gasteiger partial charge in [-0.15, -0.1) is 50.9 Å². The Morgan fingerprint density at radius 2 is 1.00 bits per heavy atom. The average Bonchev–Trinajstić information content (AvgIpc) is 1.46. The molecule has 0 aliphatic heterocycles. The van der Waals surface area contributed by atoms with E-state index >= 15 is 0 Å². The van der Waals surface area contributed by atoms with Crippen LogP contribution in [0.3, 0.4) is 0 Å². The molecule has 0 fully saturated rings. The number of nitrogens with two attached hydrogens (primary N) is 1. The van der Waals surface area contributed by atoms with Gasteiger partial charge in [0, 0.05) is 0 Å². The zero-order valence-electron chi connectivity index (χ0n) is 4.06. The normalized spacial score (nSPS) is 3.00. The molecule has 0 rings (SSSR count). The van der Waals surface area contributed by atoms with Crippen molar-refractivity contribution in [2.75, 3.05) is 7.05 Å². The number of rotatable bonds is 0. The van der Waals surface area contributed by atoms with E-state index in [-0.39, 0.29) is 70.4 Å². The summed E-state index contributed by atoms with van der Waals surface area (Å²) >= 11 is 6.22. The van der Waals surface area contributed by atoms with Crippen molar-refractivity contribution in [2.24, 2.45) is 5.73 Å². The fourth-order valence-corrected chi connectivity index (χ4v) is 0. The Morgan fingerprint density at radius 1 is 1.00 bits per heavy atom. The molecule has 2 radical (unpaired) electrons. The maximum absolute atomic E-state index is 4.50.